The molecule has 0 fully saturated rings. The average molecular weight is 330 g/mol. The predicted molar refractivity (Wildman–Crippen MR) is 83.5 cm³/mol. The summed E-state index contributed by atoms with van der Waals surface area (Å²) in [5.41, 5.74) is 3.16. The van der Waals surface area contributed by atoms with Crippen LogP contribution in [0.3, 0.4) is 0 Å². The quantitative estimate of drug-likeness (QED) is 0.506. The lowest BCUT2D eigenvalue weighted by Gasteiger charge is -2.02. The van der Waals surface area contributed by atoms with Crippen LogP contribution in [0.15, 0.2) is 41.5 Å². The molecule has 0 bridgehead atoms. The predicted octanol–water partition coefficient (Wildman–Crippen LogP) is 2.68. The number of ether oxygens (including phenoxy) is 2. The first-order valence-electron chi connectivity index (χ1n) is 6.66. The van der Waals surface area contributed by atoms with Crippen LogP contribution in [0.4, 0.5) is 17.1 Å². The zero-order chi connectivity index (χ0) is 17.1. The third-order valence-corrected chi connectivity index (χ3v) is 3.19. The molecule has 0 atom stereocenters. The third kappa shape index (κ3) is 3.06. The van der Waals surface area contributed by atoms with Crippen molar-refractivity contribution >= 4 is 23.3 Å². The van der Waals surface area contributed by atoms with Gasteiger partial charge in [-0.3, -0.25) is 25.7 Å². The maximum atomic E-state index is 11.1. The Labute approximate surface area is 134 Å². The number of anilines is 1. The number of nitro benzene ring substituents is 2. The van der Waals surface area contributed by atoms with Crippen molar-refractivity contribution in [2.24, 2.45) is 5.10 Å². The molecule has 1 aliphatic rings. The minimum absolute atomic E-state index is 0.00806. The Morgan fingerprint density at radius 3 is 2.33 bits per heavy atom. The first kappa shape index (κ1) is 15.2. The van der Waals surface area contributed by atoms with E-state index in [2.05, 4.69) is 10.5 Å². The zero-order valence-corrected chi connectivity index (χ0v) is 12.0. The van der Waals surface area contributed by atoms with Gasteiger partial charge in [-0.25, -0.2) is 0 Å². The Bertz CT molecular complexity index is 834. The van der Waals surface area contributed by atoms with Gasteiger partial charge in [0.15, 0.2) is 11.5 Å². The van der Waals surface area contributed by atoms with E-state index >= 15 is 0 Å². The first-order valence-corrected chi connectivity index (χ1v) is 6.66. The van der Waals surface area contributed by atoms with Gasteiger partial charge in [0.2, 0.25) is 6.79 Å². The largest absolute Gasteiger partial charge is 0.454 e. The van der Waals surface area contributed by atoms with E-state index < -0.39 is 9.85 Å². The molecule has 0 aromatic heterocycles. The van der Waals surface area contributed by atoms with Crippen LogP contribution in [-0.2, 0) is 0 Å². The summed E-state index contributed by atoms with van der Waals surface area (Å²) < 4.78 is 10.3. The van der Waals surface area contributed by atoms with Crippen LogP contribution >= 0.6 is 0 Å². The van der Waals surface area contributed by atoms with Crippen molar-refractivity contribution in [1.82, 2.24) is 0 Å². The lowest BCUT2D eigenvalue weighted by Crippen LogP contribution is -1.97. The van der Waals surface area contributed by atoms with Crippen molar-refractivity contribution in [2.75, 3.05) is 12.2 Å². The number of nitrogens with zero attached hydrogens (tertiary/aromatic N) is 3. The van der Waals surface area contributed by atoms with Crippen LogP contribution < -0.4 is 14.9 Å². The van der Waals surface area contributed by atoms with Crippen molar-refractivity contribution < 1.29 is 19.3 Å². The van der Waals surface area contributed by atoms with Crippen molar-refractivity contribution in [3.05, 3.63) is 62.2 Å². The molecule has 0 aliphatic carbocycles. The molecule has 0 unspecified atom stereocenters. The number of benzene rings is 2. The summed E-state index contributed by atoms with van der Waals surface area (Å²) in [7, 11) is 0. The summed E-state index contributed by atoms with van der Waals surface area (Å²) in [5, 5.41) is 25.6. The summed E-state index contributed by atoms with van der Waals surface area (Å²) in [6, 6.07) is 8.33. The molecule has 0 radical (unpaired) electrons. The minimum Gasteiger partial charge on any atom is -0.454 e. The van der Waals surface area contributed by atoms with Crippen LogP contribution in [0.2, 0.25) is 0 Å². The zero-order valence-electron chi connectivity index (χ0n) is 12.0. The number of fused-ring (bicyclic) bond motifs is 1. The fraction of sp³-hybridized carbons (Fsp3) is 0.0714. The van der Waals surface area contributed by atoms with Crippen molar-refractivity contribution in [3.8, 4) is 11.5 Å². The second kappa shape index (κ2) is 6.20. The molecule has 1 aliphatic heterocycles. The fourth-order valence-electron chi connectivity index (χ4n) is 2.04. The molecule has 1 heterocycles. The van der Waals surface area contributed by atoms with Gasteiger partial charge in [-0.1, -0.05) is 0 Å². The molecule has 0 spiro atoms. The minimum atomic E-state index is -0.546. The van der Waals surface area contributed by atoms with E-state index in [1.54, 1.807) is 0 Å². The fourth-order valence-corrected chi connectivity index (χ4v) is 2.04. The first-order chi connectivity index (χ1) is 11.5. The molecule has 0 saturated heterocycles. The smallest absolute Gasteiger partial charge is 0.282 e. The normalized spacial score (nSPS) is 12.3. The highest BCUT2D eigenvalue weighted by Gasteiger charge is 2.22. The Hall–Kier alpha value is -3.69. The highest BCUT2D eigenvalue weighted by atomic mass is 16.7. The summed E-state index contributed by atoms with van der Waals surface area (Å²) in [4.78, 5) is 20.6. The van der Waals surface area contributed by atoms with Gasteiger partial charge in [-0.05, 0) is 18.2 Å². The standard InChI is InChI=1S/C14H10N4O6/c19-17(20)11-3-1-10(2-4-11)16-15-7-9-5-13-14(24-8-23-13)6-12(9)18(21)22/h1-7,16H,8H2/b15-7+. The van der Waals surface area contributed by atoms with Crippen molar-refractivity contribution in [1.29, 1.82) is 0 Å². The van der Waals surface area contributed by atoms with Crippen LogP contribution in [0.25, 0.3) is 0 Å². The number of hydrogen-bond donors (Lipinski definition) is 1. The molecule has 10 heteroatoms. The molecular formula is C14H10N4O6. The van der Waals surface area contributed by atoms with Gasteiger partial charge in [0.05, 0.1) is 33.4 Å². The summed E-state index contributed by atoms with van der Waals surface area (Å²) >= 11 is 0. The molecule has 2 aromatic rings. The molecule has 0 saturated carbocycles. The SMILES string of the molecule is O=[N+]([O-])c1ccc(N/N=C/c2cc3c(cc2[N+](=O)[O-])OCO3)cc1. The molecule has 10 nitrogen and oxygen atoms in total. The number of hydrazone groups is 1. The highest BCUT2D eigenvalue weighted by Crippen LogP contribution is 2.37. The Morgan fingerprint density at radius 2 is 1.71 bits per heavy atom. The Kier molecular flexibility index (Phi) is 3.93. The topological polar surface area (TPSA) is 129 Å². The molecule has 3 rings (SSSR count). The Morgan fingerprint density at radius 1 is 1.04 bits per heavy atom. The molecule has 24 heavy (non-hydrogen) atoms. The van der Waals surface area contributed by atoms with E-state index in [0.717, 1.165) is 0 Å². The van der Waals surface area contributed by atoms with Gasteiger partial charge < -0.3 is 9.47 Å². The monoisotopic (exact) mass is 330 g/mol. The molecule has 0 amide bonds. The van der Waals surface area contributed by atoms with E-state index in [4.69, 9.17) is 9.47 Å². The second-order valence-electron chi connectivity index (χ2n) is 4.70. The lowest BCUT2D eigenvalue weighted by molar-refractivity contribution is -0.385. The molecule has 1 N–H and O–H groups in total. The van der Waals surface area contributed by atoms with Gasteiger partial charge in [-0.2, -0.15) is 5.10 Å². The van der Waals surface area contributed by atoms with Gasteiger partial charge in [0.1, 0.15) is 0 Å². The molecule has 2 aromatic carbocycles. The molecular weight excluding hydrogens is 320 g/mol. The van der Waals surface area contributed by atoms with Crippen molar-refractivity contribution in [2.45, 2.75) is 0 Å². The van der Waals surface area contributed by atoms with E-state index in [0.29, 0.717) is 17.2 Å². The maximum Gasteiger partial charge on any atom is 0.282 e. The Balaban J connectivity index is 1.79. The van der Waals surface area contributed by atoms with Crippen LogP contribution in [0.5, 0.6) is 11.5 Å². The number of nitrogens with one attached hydrogen (secondary N) is 1. The van der Waals surface area contributed by atoms with E-state index in [1.165, 1.54) is 42.6 Å². The maximum absolute atomic E-state index is 11.1. The summed E-state index contributed by atoms with van der Waals surface area (Å²) in [6.45, 7) is 0.00806. The summed E-state index contributed by atoms with van der Waals surface area (Å²) in [6.07, 6.45) is 1.27. The van der Waals surface area contributed by atoms with Gasteiger partial charge in [-0.15, -0.1) is 0 Å². The number of nitro groups is 2. The van der Waals surface area contributed by atoms with Gasteiger partial charge in [0.25, 0.3) is 11.4 Å². The highest BCUT2D eigenvalue weighted by molar-refractivity contribution is 5.87. The number of non-ortho nitro benzene ring substituents is 1. The van der Waals surface area contributed by atoms with E-state index in [9.17, 15) is 20.2 Å². The summed E-state index contributed by atoms with van der Waals surface area (Å²) in [5.74, 6) is 0.708. The third-order valence-electron chi connectivity index (χ3n) is 3.19. The van der Waals surface area contributed by atoms with Crippen molar-refractivity contribution in [3.63, 3.8) is 0 Å². The number of rotatable bonds is 5. The lowest BCUT2D eigenvalue weighted by atomic mass is 10.1. The van der Waals surface area contributed by atoms with Gasteiger partial charge in [0, 0.05) is 12.1 Å². The van der Waals surface area contributed by atoms with E-state index in [-0.39, 0.29) is 23.7 Å². The van der Waals surface area contributed by atoms with E-state index in [1.807, 2.05) is 0 Å². The average Bonchev–Trinajstić information content (AvgIpc) is 3.01. The van der Waals surface area contributed by atoms with Gasteiger partial charge >= 0.3 is 0 Å². The van der Waals surface area contributed by atoms with Crippen LogP contribution in [0.1, 0.15) is 5.56 Å². The second-order valence-corrected chi connectivity index (χ2v) is 4.70. The molecule has 122 valence electrons. The van der Waals surface area contributed by atoms with Crippen LogP contribution in [0, 0.1) is 20.2 Å². The number of hydrogen-bond acceptors (Lipinski definition) is 8. The van der Waals surface area contributed by atoms with Crippen LogP contribution in [-0.4, -0.2) is 22.9 Å².